The van der Waals surface area contributed by atoms with Gasteiger partial charge in [-0.15, -0.1) is 0 Å². The number of aliphatic carboxylic acids is 1. The summed E-state index contributed by atoms with van der Waals surface area (Å²) >= 11 is 0. The fourth-order valence-electron chi connectivity index (χ4n) is 1.94. The van der Waals surface area contributed by atoms with Crippen molar-refractivity contribution < 1.29 is 9.90 Å². The summed E-state index contributed by atoms with van der Waals surface area (Å²) in [5.41, 5.74) is 0.285. The number of likely N-dealkylation sites (N-methyl/N-ethyl adjacent to an activating group) is 1. The lowest BCUT2D eigenvalue weighted by Crippen LogP contribution is -2.42. The Kier molecular flexibility index (Phi) is 2.96. The van der Waals surface area contributed by atoms with Crippen molar-refractivity contribution in [2.75, 3.05) is 14.1 Å². The van der Waals surface area contributed by atoms with Crippen molar-refractivity contribution in [2.24, 2.45) is 5.41 Å². The van der Waals surface area contributed by atoms with E-state index < -0.39 is 5.97 Å². The smallest absolute Gasteiger partial charge is 0.320 e. The molecule has 0 aromatic carbocycles. The van der Waals surface area contributed by atoms with Gasteiger partial charge in [0.25, 0.3) is 0 Å². The van der Waals surface area contributed by atoms with E-state index in [1.54, 1.807) is 4.90 Å². The Morgan fingerprint density at radius 3 is 2.31 bits per heavy atom. The molecule has 1 rings (SSSR count). The molecule has 0 aliphatic heterocycles. The molecule has 76 valence electrons. The third kappa shape index (κ3) is 2.44. The van der Waals surface area contributed by atoms with Crippen LogP contribution in [0.15, 0.2) is 0 Å². The summed E-state index contributed by atoms with van der Waals surface area (Å²) in [6.07, 6.45) is 4.42. The van der Waals surface area contributed by atoms with E-state index >= 15 is 0 Å². The summed E-state index contributed by atoms with van der Waals surface area (Å²) in [6.45, 7) is 2.19. The molecule has 0 saturated heterocycles. The Bertz CT molecular complexity index is 197. The number of nitrogens with zero attached hydrogens (tertiary/aromatic N) is 1. The van der Waals surface area contributed by atoms with E-state index in [1.165, 1.54) is 19.3 Å². The summed E-state index contributed by atoms with van der Waals surface area (Å²) in [5, 5.41) is 8.98. The van der Waals surface area contributed by atoms with Crippen LogP contribution in [0.1, 0.15) is 32.6 Å². The minimum absolute atomic E-state index is 0.285. The molecule has 13 heavy (non-hydrogen) atoms. The third-order valence-electron chi connectivity index (χ3n) is 3.16. The van der Waals surface area contributed by atoms with E-state index in [0.717, 1.165) is 6.42 Å². The van der Waals surface area contributed by atoms with E-state index in [0.29, 0.717) is 0 Å². The van der Waals surface area contributed by atoms with Crippen molar-refractivity contribution >= 4 is 5.97 Å². The summed E-state index contributed by atoms with van der Waals surface area (Å²) < 4.78 is 0. The highest BCUT2D eigenvalue weighted by atomic mass is 16.4. The lowest BCUT2D eigenvalue weighted by atomic mass is 9.67. The summed E-state index contributed by atoms with van der Waals surface area (Å²) in [7, 11) is 3.67. The van der Waals surface area contributed by atoms with Crippen molar-refractivity contribution in [2.45, 2.75) is 38.6 Å². The Hall–Kier alpha value is -0.570. The molecule has 1 saturated carbocycles. The molecule has 3 nitrogen and oxygen atoms in total. The lowest BCUT2D eigenvalue weighted by molar-refractivity contribution is -0.144. The molecular formula is C10H19NO2. The first kappa shape index (κ1) is 10.5. The van der Waals surface area contributed by atoms with Gasteiger partial charge in [0, 0.05) is 0 Å². The molecule has 1 N–H and O–H groups in total. The minimum Gasteiger partial charge on any atom is -0.480 e. The molecule has 0 radical (unpaired) electrons. The van der Waals surface area contributed by atoms with E-state index in [1.807, 2.05) is 14.1 Å². The van der Waals surface area contributed by atoms with Crippen molar-refractivity contribution in [3.63, 3.8) is 0 Å². The van der Waals surface area contributed by atoms with Crippen molar-refractivity contribution in [3.8, 4) is 0 Å². The molecule has 1 aliphatic rings. The molecule has 1 atom stereocenters. The Labute approximate surface area is 79.7 Å². The maximum absolute atomic E-state index is 10.9. The SMILES string of the molecule is CN(C)C(CC1(C)CCC1)C(=O)O. The zero-order valence-corrected chi connectivity index (χ0v) is 8.71. The van der Waals surface area contributed by atoms with Crippen LogP contribution in [0.4, 0.5) is 0 Å². The van der Waals surface area contributed by atoms with Crippen LogP contribution in [0.3, 0.4) is 0 Å². The third-order valence-corrected chi connectivity index (χ3v) is 3.16. The van der Waals surface area contributed by atoms with Gasteiger partial charge in [0.2, 0.25) is 0 Å². The number of carbonyl (C=O) groups is 1. The van der Waals surface area contributed by atoms with E-state index in [9.17, 15) is 4.79 Å². The van der Waals surface area contributed by atoms with Crippen LogP contribution in [0.2, 0.25) is 0 Å². The fourth-order valence-corrected chi connectivity index (χ4v) is 1.94. The highest BCUT2D eigenvalue weighted by Crippen LogP contribution is 2.44. The van der Waals surface area contributed by atoms with Crippen LogP contribution in [0.25, 0.3) is 0 Å². The second-order valence-electron chi connectivity index (χ2n) is 4.69. The zero-order valence-electron chi connectivity index (χ0n) is 8.71. The van der Waals surface area contributed by atoms with Gasteiger partial charge in [-0.1, -0.05) is 13.3 Å². The normalized spacial score (nSPS) is 22.5. The van der Waals surface area contributed by atoms with Crippen LogP contribution in [-0.4, -0.2) is 36.1 Å². The number of rotatable bonds is 4. The Morgan fingerprint density at radius 1 is 1.54 bits per heavy atom. The highest BCUT2D eigenvalue weighted by Gasteiger charge is 2.37. The monoisotopic (exact) mass is 185 g/mol. The molecule has 1 fully saturated rings. The van der Waals surface area contributed by atoms with Crippen molar-refractivity contribution in [3.05, 3.63) is 0 Å². The average Bonchev–Trinajstić information content (AvgIpc) is 1.95. The van der Waals surface area contributed by atoms with Crippen LogP contribution in [0.5, 0.6) is 0 Å². The number of hydrogen-bond donors (Lipinski definition) is 1. The first-order valence-corrected chi connectivity index (χ1v) is 4.84. The van der Waals surface area contributed by atoms with Gasteiger partial charge in [-0.3, -0.25) is 9.69 Å². The molecular weight excluding hydrogens is 166 g/mol. The minimum atomic E-state index is -0.696. The predicted octanol–water partition coefficient (Wildman–Crippen LogP) is 1.58. The predicted molar refractivity (Wildman–Crippen MR) is 51.7 cm³/mol. The van der Waals surface area contributed by atoms with Crippen molar-refractivity contribution in [1.29, 1.82) is 0 Å². The topological polar surface area (TPSA) is 40.5 Å². The van der Waals surface area contributed by atoms with Gasteiger partial charge in [0.15, 0.2) is 0 Å². The van der Waals surface area contributed by atoms with E-state index in [-0.39, 0.29) is 11.5 Å². The summed E-state index contributed by atoms with van der Waals surface area (Å²) in [4.78, 5) is 12.7. The van der Waals surface area contributed by atoms with E-state index in [4.69, 9.17) is 5.11 Å². The lowest BCUT2D eigenvalue weighted by Gasteiger charge is -2.41. The van der Waals surface area contributed by atoms with Crippen LogP contribution >= 0.6 is 0 Å². The van der Waals surface area contributed by atoms with Gasteiger partial charge in [-0.2, -0.15) is 0 Å². The van der Waals surface area contributed by atoms with Gasteiger partial charge in [-0.25, -0.2) is 0 Å². The molecule has 1 unspecified atom stereocenters. The summed E-state index contributed by atoms with van der Waals surface area (Å²) in [5.74, 6) is -0.696. The van der Waals surface area contributed by atoms with Crippen LogP contribution in [0, 0.1) is 5.41 Å². The van der Waals surface area contributed by atoms with Gasteiger partial charge in [-0.05, 0) is 38.8 Å². The molecule has 1 aliphatic carbocycles. The van der Waals surface area contributed by atoms with Gasteiger partial charge in [0.1, 0.15) is 6.04 Å². The van der Waals surface area contributed by atoms with E-state index in [2.05, 4.69) is 6.92 Å². The Morgan fingerprint density at radius 2 is 2.08 bits per heavy atom. The number of hydrogen-bond acceptors (Lipinski definition) is 2. The van der Waals surface area contributed by atoms with Crippen LogP contribution in [-0.2, 0) is 4.79 Å². The highest BCUT2D eigenvalue weighted by molar-refractivity contribution is 5.73. The molecule has 0 amide bonds. The molecule has 0 spiro atoms. The average molecular weight is 185 g/mol. The second kappa shape index (κ2) is 3.66. The van der Waals surface area contributed by atoms with Gasteiger partial charge < -0.3 is 5.11 Å². The Balaban J connectivity index is 2.52. The quantitative estimate of drug-likeness (QED) is 0.723. The largest absolute Gasteiger partial charge is 0.480 e. The molecule has 0 bridgehead atoms. The maximum Gasteiger partial charge on any atom is 0.320 e. The first-order valence-electron chi connectivity index (χ1n) is 4.84. The van der Waals surface area contributed by atoms with Crippen LogP contribution < -0.4 is 0 Å². The second-order valence-corrected chi connectivity index (χ2v) is 4.69. The number of carboxylic acid groups (broad SMARTS) is 1. The zero-order chi connectivity index (χ0) is 10.1. The molecule has 0 aromatic rings. The molecule has 3 heteroatoms. The van der Waals surface area contributed by atoms with Crippen molar-refractivity contribution in [1.82, 2.24) is 4.90 Å². The fraction of sp³-hybridized carbons (Fsp3) is 0.900. The standard InChI is InChI=1S/C10H19NO2/c1-10(5-4-6-10)7-8(9(12)13)11(2)3/h8H,4-7H2,1-3H3,(H,12,13). The van der Waals surface area contributed by atoms with Gasteiger partial charge >= 0.3 is 5.97 Å². The molecule has 0 aromatic heterocycles. The maximum atomic E-state index is 10.9. The molecule has 0 heterocycles. The number of carboxylic acids is 1. The first-order chi connectivity index (χ1) is 5.94. The summed E-state index contributed by atoms with van der Waals surface area (Å²) in [6, 6.07) is -0.315. The van der Waals surface area contributed by atoms with Gasteiger partial charge in [0.05, 0.1) is 0 Å².